The third-order valence-corrected chi connectivity index (χ3v) is 5.06. The Hall–Kier alpha value is -0.660. The summed E-state index contributed by atoms with van der Waals surface area (Å²) in [5, 5.41) is 0. The van der Waals surface area contributed by atoms with Gasteiger partial charge in [0.1, 0.15) is 0 Å². The van der Waals surface area contributed by atoms with Crippen LogP contribution in [0.5, 0.6) is 0 Å². The third-order valence-electron chi connectivity index (χ3n) is 3.56. The van der Waals surface area contributed by atoms with Crippen molar-refractivity contribution in [1.82, 2.24) is 4.31 Å². The molecule has 6 nitrogen and oxygen atoms in total. The summed E-state index contributed by atoms with van der Waals surface area (Å²) >= 11 is 0. The first kappa shape index (κ1) is 21.3. The fourth-order valence-corrected chi connectivity index (χ4v) is 3.40. The van der Waals surface area contributed by atoms with E-state index in [1.54, 1.807) is 0 Å². The molecule has 0 saturated heterocycles. The van der Waals surface area contributed by atoms with Crippen LogP contribution in [0.25, 0.3) is 0 Å². The highest BCUT2D eigenvalue weighted by atomic mass is 32.2. The highest BCUT2D eigenvalue weighted by Gasteiger charge is 2.34. The lowest BCUT2D eigenvalue weighted by Crippen LogP contribution is -2.50. The zero-order chi connectivity index (χ0) is 17.9. The van der Waals surface area contributed by atoms with Gasteiger partial charge >= 0.3 is 0 Å². The first-order valence-corrected chi connectivity index (χ1v) is 9.31. The number of rotatable bonds is 7. The molecule has 0 bridgehead atoms. The van der Waals surface area contributed by atoms with E-state index in [1.165, 1.54) is 4.31 Å². The van der Waals surface area contributed by atoms with Gasteiger partial charge in [0.2, 0.25) is 15.9 Å². The van der Waals surface area contributed by atoms with E-state index in [2.05, 4.69) is 0 Å². The number of amides is 1. The minimum absolute atomic E-state index is 0.0114. The summed E-state index contributed by atoms with van der Waals surface area (Å²) < 4.78 is 31.4. The van der Waals surface area contributed by atoms with E-state index in [-0.39, 0.29) is 24.5 Å². The third kappa shape index (κ3) is 7.56. The number of nitrogens with two attached hydrogens (primary N) is 1. The zero-order valence-corrected chi connectivity index (χ0v) is 16.0. The Kier molecular flexibility index (Phi) is 7.06. The van der Waals surface area contributed by atoms with E-state index in [0.29, 0.717) is 0 Å². The van der Waals surface area contributed by atoms with Crippen molar-refractivity contribution in [2.45, 2.75) is 72.6 Å². The first-order valence-electron chi connectivity index (χ1n) is 7.46. The van der Waals surface area contributed by atoms with Crippen LogP contribution in [0.2, 0.25) is 0 Å². The minimum atomic E-state index is -3.42. The molecule has 0 aliphatic carbocycles. The molecule has 0 saturated carbocycles. The van der Waals surface area contributed by atoms with Crippen LogP contribution in [0.4, 0.5) is 0 Å². The molecule has 2 unspecified atom stereocenters. The lowest BCUT2D eigenvalue weighted by molar-refractivity contribution is -0.124. The maximum absolute atomic E-state index is 12.0. The average molecular weight is 336 g/mol. The lowest BCUT2D eigenvalue weighted by atomic mass is 9.90. The average Bonchev–Trinajstić information content (AvgIpc) is 2.19. The Morgan fingerprint density at radius 2 is 1.64 bits per heavy atom. The van der Waals surface area contributed by atoms with Gasteiger partial charge in [-0.3, -0.25) is 4.79 Å². The van der Waals surface area contributed by atoms with Gasteiger partial charge in [0.25, 0.3) is 0 Å². The molecule has 0 aliphatic heterocycles. The van der Waals surface area contributed by atoms with Gasteiger partial charge in [-0.15, -0.1) is 0 Å². The Morgan fingerprint density at radius 3 is 1.91 bits per heavy atom. The number of carbonyl (C=O) groups excluding carboxylic acids is 1. The molecule has 0 spiro atoms. The molecule has 7 heteroatoms. The summed E-state index contributed by atoms with van der Waals surface area (Å²) in [5.74, 6) is -0.506. The van der Waals surface area contributed by atoms with Crippen molar-refractivity contribution >= 4 is 15.9 Å². The van der Waals surface area contributed by atoms with Gasteiger partial charge in [0, 0.05) is 12.1 Å². The van der Waals surface area contributed by atoms with Crippen LogP contribution in [-0.4, -0.2) is 49.2 Å². The van der Waals surface area contributed by atoms with Crippen molar-refractivity contribution in [1.29, 1.82) is 0 Å². The van der Waals surface area contributed by atoms with Gasteiger partial charge in [-0.1, -0.05) is 20.8 Å². The Morgan fingerprint density at radius 1 is 1.18 bits per heavy atom. The van der Waals surface area contributed by atoms with Crippen molar-refractivity contribution in [2.75, 3.05) is 12.8 Å². The number of carbonyl (C=O) groups is 1. The normalized spacial score (nSPS) is 16.6. The number of primary amides is 1. The summed E-state index contributed by atoms with van der Waals surface area (Å²) in [5.41, 5.74) is 4.57. The molecule has 2 N–H and O–H groups in total. The molecule has 0 aromatic carbocycles. The van der Waals surface area contributed by atoms with E-state index in [1.807, 2.05) is 48.5 Å². The summed E-state index contributed by atoms with van der Waals surface area (Å²) in [6.45, 7) is 13.5. The predicted molar refractivity (Wildman–Crippen MR) is 88.9 cm³/mol. The van der Waals surface area contributed by atoms with Crippen LogP contribution < -0.4 is 5.73 Å². The second-order valence-corrected chi connectivity index (χ2v) is 9.81. The van der Waals surface area contributed by atoms with E-state index in [0.717, 1.165) is 6.26 Å². The molecule has 0 radical (unpaired) electrons. The van der Waals surface area contributed by atoms with Gasteiger partial charge in [-0.25, -0.2) is 8.42 Å². The fraction of sp³-hybridized carbons (Fsp3) is 0.933. The number of hydrogen-bond donors (Lipinski definition) is 1. The van der Waals surface area contributed by atoms with E-state index in [4.69, 9.17) is 10.5 Å². The van der Waals surface area contributed by atoms with Crippen LogP contribution in [0, 0.1) is 5.41 Å². The highest BCUT2D eigenvalue weighted by Crippen LogP contribution is 2.25. The van der Waals surface area contributed by atoms with Crippen molar-refractivity contribution < 1.29 is 17.9 Å². The van der Waals surface area contributed by atoms with Gasteiger partial charge in [-0.05, 0) is 33.1 Å². The second-order valence-electron chi connectivity index (χ2n) is 7.90. The van der Waals surface area contributed by atoms with E-state index < -0.39 is 27.6 Å². The van der Waals surface area contributed by atoms with Gasteiger partial charge in [-0.2, -0.15) is 4.31 Å². The first-order chi connectivity index (χ1) is 9.55. The monoisotopic (exact) mass is 336 g/mol. The Labute approximate surface area is 135 Å². The number of sulfonamides is 1. The Bertz CT molecular complexity index is 475. The van der Waals surface area contributed by atoms with Gasteiger partial charge in [0.05, 0.1) is 24.9 Å². The van der Waals surface area contributed by atoms with Crippen molar-refractivity contribution in [3.05, 3.63) is 0 Å². The number of nitrogens with zero attached hydrogens (tertiary/aromatic N) is 1. The van der Waals surface area contributed by atoms with Crippen LogP contribution in [-0.2, 0) is 19.6 Å². The molecular weight excluding hydrogens is 304 g/mol. The smallest absolute Gasteiger partial charge is 0.220 e. The second kappa shape index (κ2) is 7.27. The van der Waals surface area contributed by atoms with Crippen molar-refractivity contribution in [3.63, 3.8) is 0 Å². The number of ether oxygens (including phenoxy) is 1. The van der Waals surface area contributed by atoms with Crippen LogP contribution in [0.15, 0.2) is 0 Å². The molecule has 1 amide bonds. The maximum Gasteiger partial charge on any atom is 0.220 e. The van der Waals surface area contributed by atoms with E-state index >= 15 is 0 Å². The molecule has 0 aromatic rings. The summed E-state index contributed by atoms with van der Waals surface area (Å²) in [6.07, 6.45) is 0.439. The molecule has 0 heterocycles. The van der Waals surface area contributed by atoms with Crippen molar-refractivity contribution in [2.24, 2.45) is 11.1 Å². The minimum Gasteiger partial charge on any atom is -0.373 e. The molecule has 2 atom stereocenters. The molecule has 22 heavy (non-hydrogen) atoms. The molecule has 0 aromatic heterocycles. The Balaban J connectivity index is 5.31. The van der Waals surface area contributed by atoms with Crippen molar-refractivity contribution in [3.8, 4) is 0 Å². The molecule has 0 rings (SSSR count). The molecule has 0 fully saturated rings. The molecular formula is C15H32N2O4S. The fourth-order valence-electron chi connectivity index (χ4n) is 1.96. The lowest BCUT2D eigenvalue weighted by Gasteiger charge is -2.38. The van der Waals surface area contributed by atoms with Crippen LogP contribution >= 0.6 is 0 Å². The predicted octanol–water partition coefficient (Wildman–Crippen LogP) is 1.74. The quantitative estimate of drug-likeness (QED) is 0.767. The summed E-state index contributed by atoms with van der Waals surface area (Å²) in [6, 6.07) is 0. The maximum atomic E-state index is 12.0. The highest BCUT2D eigenvalue weighted by molar-refractivity contribution is 7.88. The van der Waals surface area contributed by atoms with Gasteiger partial charge < -0.3 is 10.5 Å². The van der Waals surface area contributed by atoms with Gasteiger partial charge in [0.15, 0.2) is 0 Å². The summed E-state index contributed by atoms with van der Waals surface area (Å²) in [7, 11) is -3.42. The number of hydrogen-bond acceptors (Lipinski definition) is 4. The zero-order valence-electron chi connectivity index (χ0n) is 15.1. The molecule has 0 aliphatic rings. The van der Waals surface area contributed by atoms with Crippen LogP contribution in [0.1, 0.15) is 54.9 Å². The summed E-state index contributed by atoms with van der Waals surface area (Å²) in [4.78, 5) is 11.3. The standard InChI is InChI=1S/C15H32N2O4S/c1-11(14(2,3)4)21-12(9-13(16)18)10-17(15(5,6)7)22(8,19)20/h11-12H,9-10H2,1-8H3,(H2,16,18). The van der Waals surface area contributed by atoms with Crippen LogP contribution in [0.3, 0.4) is 0 Å². The SMILES string of the molecule is CC(OC(CC(N)=O)CN(C(C)(C)C)S(C)(=O)=O)C(C)(C)C. The van der Waals surface area contributed by atoms with E-state index in [9.17, 15) is 13.2 Å². The molecule has 132 valence electrons. The topological polar surface area (TPSA) is 89.7 Å². The largest absolute Gasteiger partial charge is 0.373 e.